The average Bonchev–Trinajstić information content (AvgIpc) is 3.09. The zero-order valence-electron chi connectivity index (χ0n) is 13.7. The summed E-state index contributed by atoms with van der Waals surface area (Å²) in [5, 5.41) is 13.6. The number of thiophene rings is 1. The number of amides is 1. The average molecular weight is 429 g/mol. The van der Waals surface area contributed by atoms with Crippen LogP contribution >= 0.6 is 27.3 Å². The number of rotatable bonds is 5. The van der Waals surface area contributed by atoms with Crippen molar-refractivity contribution in [1.82, 2.24) is 0 Å². The summed E-state index contributed by atoms with van der Waals surface area (Å²) in [5.41, 5.74) is 1.15. The van der Waals surface area contributed by atoms with Crippen molar-refractivity contribution in [3.05, 3.63) is 68.8 Å². The lowest BCUT2D eigenvalue weighted by Crippen LogP contribution is -2.10. The molecular weight excluding hydrogens is 416 g/mol. The van der Waals surface area contributed by atoms with Crippen LogP contribution in [-0.4, -0.2) is 13.0 Å². The molecule has 0 aliphatic rings. The van der Waals surface area contributed by atoms with Gasteiger partial charge in [0, 0.05) is 16.2 Å². The van der Waals surface area contributed by atoms with Crippen LogP contribution in [-0.2, 0) is 0 Å². The van der Waals surface area contributed by atoms with E-state index in [2.05, 4.69) is 27.3 Å². The number of methoxy groups -OCH3 is 1. The predicted octanol–water partition coefficient (Wildman–Crippen LogP) is 5.44. The molecule has 1 amide bonds. The number of carbonyl (C=O) groups is 1. The van der Waals surface area contributed by atoms with Crippen LogP contribution in [0.4, 0.5) is 5.69 Å². The molecule has 0 aliphatic heterocycles. The summed E-state index contributed by atoms with van der Waals surface area (Å²) < 4.78 is 11.8. The molecule has 0 fully saturated rings. The molecule has 0 atom stereocenters. The van der Waals surface area contributed by atoms with Crippen LogP contribution in [0, 0.1) is 11.3 Å². The fourth-order valence-corrected chi connectivity index (χ4v) is 3.64. The first-order valence-corrected chi connectivity index (χ1v) is 9.18. The highest BCUT2D eigenvalue weighted by Gasteiger charge is 2.12. The number of nitrogens with zero attached hydrogens (tertiary/aromatic N) is 1. The number of nitrogens with one attached hydrogen (secondary N) is 1. The molecule has 1 N–H and O–H groups in total. The van der Waals surface area contributed by atoms with Crippen molar-refractivity contribution in [2.24, 2.45) is 0 Å². The Kier molecular flexibility index (Phi) is 5.56. The lowest BCUT2D eigenvalue weighted by Gasteiger charge is -2.11. The third-order valence-electron chi connectivity index (χ3n) is 3.46. The molecule has 130 valence electrons. The molecule has 2 aromatic carbocycles. The highest BCUT2D eigenvalue weighted by molar-refractivity contribution is 9.10. The standard InChI is InChI=1S/C19H13BrN2O3S/c1-24-17-10-12(11-21)2-7-16(17)25-14-5-3-13(4-6-14)22-19(23)18-15(20)8-9-26-18/h2-10H,1H3,(H,22,23). The minimum Gasteiger partial charge on any atom is -0.493 e. The maximum Gasteiger partial charge on any atom is 0.266 e. The molecule has 7 heteroatoms. The van der Waals surface area contributed by atoms with E-state index in [-0.39, 0.29) is 5.91 Å². The van der Waals surface area contributed by atoms with Crippen LogP contribution < -0.4 is 14.8 Å². The smallest absolute Gasteiger partial charge is 0.266 e. The fraction of sp³-hybridized carbons (Fsp3) is 0.0526. The molecule has 26 heavy (non-hydrogen) atoms. The van der Waals surface area contributed by atoms with E-state index in [4.69, 9.17) is 14.7 Å². The van der Waals surface area contributed by atoms with Crippen molar-refractivity contribution in [2.75, 3.05) is 12.4 Å². The molecule has 1 aromatic heterocycles. The molecule has 0 aliphatic carbocycles. The summed E-state index contributed by atoms with van der Waals surface area (Å²) in [6, 6.07) is 15.8. The van der Waals surface area contributed by atoms with Crippen molar-refractivity contribution in [3.63, 3.8) is 0 Å². The fourth-order valence-electron chi connectivity index (χ4n) is 2.20. The third-order valence-corrected chi connectivity index (χ3v) is 5.29. The highest BCUT2D eigenvalue weighted by Crippen LogP contribution is 2.32. The van der Waals surface area contributed by atoms with Crippen LogP contribution in [0.25, 0.3) is 0 Å². The van der Waals surface area contributed by atoms with Crippen LogP contribution in [0.2, 0.25) is 0 Å². The molecule has 1 heterocycles. The van der Waals surface area contributed by atoms with Crippen molar-refractivity contribution >= 4 is 38.9 Å². The van der Waals surface area contributed by atoms with E-state index in [9.17, 15) is 4.79 Å². The number of hydrogen-bond acceptors (Lipinski definition) is 5. The lowest BCUT2D eigenvalue weighted by molar-refractivity contribution is 0.103. The SMILES string of the molecule is COc1cc(C#N)ccc1Oc1ccc(NC(=O)c2sccc2Br)cc1. The Morgan fingerprint density at radius 1 is 1.15 bits per heavy atom. The second-order valence-corrected chi connectivity index (χ2v) is 6.93. The summed E-state index contributed by atoms with van der Waals surface area (Å²) >= 11 is 4.72. The molecule has 5 nitrogen and oxygen atoms in total. The molecule has 0 radical (unpaired) electrons. The van der Waals surface area contributed by atoms with Gasteiger partial charge >= 0.3 is 0 Å². The van der Waals surface area contributed by atoms with Gasteiger partial charge in [0.15, 0.2) is 11.5 Å². The molecule has 0 saturated heterocycles. The first-order chi connectivity index (χ1) is 12.6. The minimum absolute atomic E-state index is 0.172. The quantitative estimate of drug-likeness (QED) is 0.587. The summed E-state index contributed by atoms with van der Waals surface area (Å²) in [6.45, 7) is 0. The molecular formula is C19H13BrN2O3S. The van der Waals surface area contributed by atoms with E-state index in [1.165, 1.54) is 18.4 Å². The maximum atomic E-state index is 12.2. The number of benzene rings is 2. The minimum atomic E-state index is -0.172. The molecule has 0 spiro atoms. The van der Waals surface area contributed by atoms with E-state index in [0.717, 1.165) is 4.47 Å². The van der Waals surface area contributed by atoms with Gasteiger partial charge in [-0.15, -0.1) is 11.3 Å². The maximum absolute atomic E-state index is 12.2. The zero-order valence-corrected chi connectivity index (χ0v) is 16.1. The molecule has 3 rings (SSSR count). The number of anilines is 1. The lowest BCUT2D eigenvalue weighted by atomic mass is 10.2. The van der Waals surface area contributed by atoms with E-state index in [1.54, 1.807) is 42.5 Å². The largest absolute Gasteiger partial charge is 0.493 e. The van der Waals surface area contributed by atoms with Crippen LogP contribution in [0.1, 0.15) is 15.2 Å². The van der Waals surface area contributed by atoms with Crippen LogP contribution in [0.15, 0.2) is 58.4 Å². The Bertz CT molecular complexity index is 977. The van der Waals surface area contributed by atoms with Gasteiger partial charge in [-0.05, 0) is 63.8 Å². The summed E-state index contributed by atoms with van der Waals surface area (Å²) in [5.74, 6) is 1.40. The summed E-state index contributed by atoms with van der Waals surface area (Å²) in [6.07, 6.45) is 0. The number of carbonyl (C=O) groups excluding carboxylic acids is 1. The van der Waals surface area contributed by atoms with E-state index in [0.29, 0.717) is 33.4 Å². The van der Waals surface area contributed by atoms with E-state index >= 15 is 0 Å². The number of hydrogen-bond donors (Lipinski definition) is 1. The summed E-state index contributed by atoms with van der Waals surface area (Å²) in [7, 11) is 1.52. The van der Waals surface area contributed by atoms with Gasteiger partial charge in [0.2, 0.25) is 0 Å². The van der Waals surface area contributed by atoms with E-state index in [1.807, 2.05) is 11.4 Å². The zero-order chi connectivity index (χ0) is 18.5. The number of halogens is 1. The van der Waals surface area contributed by atoms with Gasteiger partial charge in [-0.2, -0.15) is 5.26 Å². The van der Waals surface area contributed by atoms with Crippen molar-refractivity contribution in [2.45, 2.75) is 0 Å². The first-order valence-electron chi connectivity index (χ1n) is 7.51. The second-order valence-electron chi connectivity index (χ2n) is 5.16. The third kappa shape index (κ3) is 4.04. The summed E-state index contributed by atoms with van der Waals surface area (Å²) in [4.78, 5) is 12.8. The van der Waals surface area contributed by atoms with Crippen molar-refractivity contribution in [3.8, 4) is 23.3 Å². The van der Waals surface area contributed by atoms with E-state index < -0.39 is 0 Å². The monoisotopic (exact) mass is 428 g/mol. The van der Waals surface area contributed by atoms with Crippen molar-refractivity contribution < 1.29 is 14.3 Å². The first kappa shape index (κ1) is 18.0. The van der Waals surface area contributed by atoms with Crippen LogP contribution in [0.3, 0.4) is 0 Å². The van der Waals surface area contributed by atoms with Gasteiger partial charge in [-0.25, -0.2) is 0 Å². The number of nitriles is 1. The Balaban J connectivity index is 1.71. The Morgan fingerprint density at radius 3 is 2.54 bits per heavy atom. The molecule has 0 bridgehead atoms. The molecule has 3 aromatic rings. The van der Waals surface area contributed by atoms with Gasteiger partial charge in [-0.3, -0.25) is 4.79 Å². The topological polar surface area (TPSA) is 71.3 Å². The van der Waals surface area contributed by atoms with Crippen LogP contribution in [0.5, 0.6) is 17.2 Å². The van der Waals surface area contributed by atoms with Gasteiger partial charge in [-0.1, -0.05) is 0 Å². The molecule has 0 saturated carbocycles. The highest BCUT2D eigenvalue weighted by atomic mass is 79.9. The number of ether oxygens (including phenoxy) is 2. The predicted molar refractivity (Wildman–Crippen MR) is 104 cm³/mol. The Morgan fingerprint density at radius 2 is 1.92 bits per heavy atom. The van der Waals surface area contributed by atoms with Gasteiger partial charge in [0.1, 0.15) is 10.6 Å². The van der Waals surface area contributed by atoms with Gasteiger partial charge in [0.05, 0.1) is 18.7 Å². The van der Waals surface area contributed by atoms with Crippen molar-refractivity contribution in [1.29, 1.82) is 5.26 Å². The Labute approximate surface area is 162 Å². The Hall–Kier alpha value is -2.82. The normalized spacial score (nSPS) is 10.0. The van der Waals surface area contributed by atoms with Gasteiger partial charge in [0.25, 0.3) is 5.91 Å². The van der Waals surface area contributed by atoms with Gasteiger partial charge < -0.3 is 14.8 Å². The molecule has 0 unspecified atom stereocenters. The second kappa shape index (κ2) is 8.04.